The van der Waals surface area contributed by atoms with Crippen molar-refractivity contribution < 1.29 is 9.18 Å². The molecule has 0 spiro atoms. The summed E-state index contributed by atoms with van der Waals surface area (Å²) in [6, 6.07) is 4.60. The highest BCUT2D eigenvalue weighted by Crippen LogP contribution is 2.50. The normalized spacial score (nSPS) is 23.7. The minimum atomic E-state index is -0.320. The summed E-state index contributed by atoms with van der Waals surface area (Å²) >= 11 is 5.91. The van der Waals surface area contributed by atoms with Gasteiger partial charge in [-0.15, -0.1) is 0 Å². The van der Waals surface area contributed by atoms with Crippen molar-refractivity contribution in [1.82, 2.24) is 5.32 Å². The molecule has 2 atom stereocenters. The third-order valence-electron chi connectivity index (χ3n) is 2.74. The summed E-state index contributed by atoms with van der Waals surface area (Å²) < 4.78 is 13.5. The molecule has 1 saturated carbocycles. The summed E-state index contributed by atoms with van der Waals surface area (Å²) in [5, 5.41) is 2.97. The van der Waals surface area contributed by atoms with E-state index in [9.17, 15) is 9.18 Å². The largest absolute Gasteiger partial charge is 0.359 e. The molecule has 1 aliphatic rings. The van der Waals surface area contributed by atoms with Crippen LogP contribution in [0.2, 0.25) is 5.02 Å². The van der Waals surface area contributed by atoms with Crippen LogP contribution in [0.3, 0.4) is 0 Å². The number of rotatable bonds is 2. The van der Waals surface area contributed by atoms with Gasteiger partial charge >= 0.3 is 0 Å². The molecule has 0 heterocycles. The van der Waals surface area contributed by atoms with Crippen molar-refractivity contribution in [2.75, 3.05) is 7.05 Å². The Hall–Kier alpha value is -1.09. The Morgan fingerprint density at radius 2 is 2.33 bits per heavy atom. The minimum Gasteiger partial charge on any atom is -0.359 e. The highest BCUT2D eigenvalue weighted by Gasteiger charge is 2.45. The maximum atomic E-state index is 13.5. The van der Waals surface area contributed by atoms with E-state index < -0.39 is 0 Å². The monoisotopic (exact) mass is 227 g/mol. The molecule has 80 valence electrons. The molecule has 1 N–H and O–H groups in total. The van der Waals surface area contributed by atoms with Crippen LogP contribution in [0.4, 0.5) is 4.39 Å². The van der Waals surface area contributed by atoms with Gasteiger partial charge in [-0.3, -0.25) is 4.79 Å². The van der Waals surface area contributed by atoms with Crippen LogP contribution < -0.4 is 5.32 Å². The molecule has 0 bridgehead atoms. The Kier molecular flexibility index (Phi) is 2.65. The molecular weight excluding hydrogens is 217 g/mol. The summed E-state index contributed by atoms with van der Waals surface area (Å²) in [5.74, 6) is -0.540. The van der Waals surface area contributed by atoms with E-state index in [1.165, 1.54) is 6.07 Å². The van der Waals surface area contributed by atoms with Crippen molar-refractivity contribution in [3.8, 4) is 0 Å². The van der Waals surface area contributed by atoms with E-state index in [0.717, 1.165) is 0 Å². The van der Waals surface area contributed by atoms with Gasteiger partial charge in [-0.1, -0.05) is 17.7 Å². The molecule has 0 radical (unpaired) electrons. The minimum absolute atomic E-state index is 0.0423. The second-order valence-corrected chi connectivity index (χ2v) is 4.11. The van der Waals surface area contributed by atoms with Crippen LogP contribution in [0.5, 0.6) is 0 Å². The first-order valence-electron chi connectivity index (χ1n) is 4.80. The predicted octanol–water partition coefficient (Wildman–Crippen LogP) is 2.33. The quantitative estimate of drug-likeness (QED) is 0.826. The van der Waals surface area contributed by atoms with Crippen LogP contribution >= 0.6 is 11.6 Å². The fourth-order valence-corrected chi connectivity index (χ4v) is 2.16. The second-order valence-electron chi connectivity index (χ2n) is 3.70. The van der Waals surface area contributed by atoms with Crippen molar-refractivity contribution in [1.29, 1.82) is 0 Å². The number of carbonyl (C=O) groups excluding carboxylic acids is 1. The number of carbonyl (C=O) groups is 1. The summed E-state index contributed by atoms with van der Waals surface area (Å²) in [6.07, 6.45) is 0.681. The van der Waals surface area contributed by atoms with Gasteiger partial charge in [0.15, 0.2) is 0 Å². The van der Waals surface area contributed by atoms with Crippen LogP contribution in [0.25, 0.3) is 0 Å². The van der Waals surface area contributed by atoms with Gasteiger partial charge in [0.2, 0.25) is 5.91 Å². The average molecular weight is 228 g/mol. The summed E-state index contributed by atoms with van der Waals surface area (Å²) in [4.78, 5) is 11.3. The highest BCUT2D eigenvalue weighted by molar-refractivity contribution is 6.31. The Labute approximate surface area is 92.4 Å². The first kappa shape index (κ1) is 10.4. The summed E-state index contributed by atoms with van der Waals surface area (Å²) in [5.41, 5.74) is 0.479. The molecule has 1 fully saturated rings. The van der Waals surface area contributed by atoms with E-state index in [2.05, 4.69) is 5.32 Å². The Morgan fingerprint density at radius 3 is 2.93 bits per heavy atom. The van der Waals surface area contributed by atoms with Crippen molar-refractivity contribution in [2.24, 2.45) is 5.92 Å². The lowest BCUT2D eigenvalue weighted by molar-refractivity contribution is -0.121. The van der Waals surface area contributed by atoms with Gasteiger partial charge in [-0.25, -0.2) is 4.39 Å². The molecule has 1 aliphatic carbocycles. The second kappa shape index (κ2) is 3.81. The Bertz CT molecular complexity index is 387. The fourth-order valence-electron chi connectivity index (χ4n) is 1.85. The molecule has 1 aromatic carbocycles. The fraction of sp³-hybridized carbons (Fsp3) is 0.364. The van der Waals surface area contributed by atoms with E-state index in [1.54, 1.807) is 19.2 Å². The molecule has 0 saturated heterocycles. The van der Waals surface area contributed by atoms with Gasteiger partial charge in [-0.05, 0) is 18.6 Å². The van der Waals surface area contributed by atoms with Gasteiger partial charge in [0.05, 0.1) is 0 Å². The third-order valence-corrected chi connectivity index (χ3v) is 3.07. The first-order valence-corrected chi connectivity index (χ1v) is 5.18. The van der Waals surface area contributed by atoms with E-state index in [-0.39, 0.29) is 23.6 Å². The molecular formula is C11H11ClFNO. The Morgan fingerprint density at radius 1 is 1.60 bits per heavy atom. The molecule has 1 amide bonds. The topological polar surface area (TPSA) is 29.1 Å². The molecule has 1 aromatic rings. The molecule has 0 aliphatic heterocycles. The lowest BCUT2D eigenvalue weighted by Crippen LogP contribution is -2.20. The number of nitrogens with one attached hydrogen (secondary N) is 1. The van der Waals surface area contributed by atoms with Crippen molar-refractivity contribution in [2.45, 2.75) is 12.3 Å². The number of halogens is 2. The van der Waals surface area contributed by atoms with Gasteiger partial charge in [-0.2, -0.15) is 0 Å². The predicted molar refractivity (Wildman–Crippen MR) is 56.3 cm³/mol. The van der Waals surface area contributed by atoms with Crippen LogP contribution in [0, 0.1) is 11.7 Å². The van der Waals surface area contributed by atoms with E-state index in [0.29, 0.717) is 17.0 Å². The van der Waals surface area contributed by atoms with Crippen LogP contribution in [-0.2, 0) is 4.79 Å². The standard InChI is InChI=1S/C11H11ClFNO/c1-14-11(15)7-5-6(7)10-8(12)3-2-4-9(10)13/h2-4,6-7H,5H2,1H3,(H,14,15)/t6-,7-/m1/s1. The highest BCUT2D eigenvalue weighted by atomic mass is 35.5. The zero-order valence-electron chi connectivity index (χ0n) is 8.26. The maximum absolute atomic E-state index is 13.5. The summed E-state index contributed by atoms with van der Waals surface area (Å²) in [6.45, 7) is 0. The molecule has 2 nitrogen and oxygen atoms in total. The van der Waals surface area contributed by atoms with Gasteiger partial charge in [0.25, 0.3) is 0 Å². The molecule has 15 heavy (non-hydrogen) atoms. The zero-order valence-corrected chi connectivity index (χ0v) is 9.01. The lowest BCUT2D eigenvalue weighted by atomic mass is 10.1. The Balaban J connectivity index is 2.23. The van der Waals surface area contributed by atoms with Crippen LogP contribution in [0.15, 0.2) is 18.2 Å². The lowest BCUT2D eigenvalue weighted by Gasteiger charge is -2.04. The molecule has 0 aromatic heterocycles. The number of hydrogen-bond acceptors (Lipinski definition) is 1. The van der Waals surface area contributed by atoms with Gasteiger partial charge < -0.3 is 5.32 Å². The first-order chi connectivity index (χ1) is 7.15. The maximum Gasteiger partial charge on any atom is 0.223 e. The van der Waals surface area contributed by atoms with E-state index in [4.69, 9.17) is 11.6 Å². The average Bonchev–Trinajstić information content (AvgIpc) is 2.96. The van der Waals surface area contributed by atoms with Crippen LogP contribution in [0.1, 0.15) is 17.9 Å². The van der Waals surface area contributed by atoms with Gasteiger partial charge in [0.1, 0.15) is 5.82 Å². The van der Waals surface area contributed by atoms with Gasteiger partial charge in [0, 0.05) is 29.5 Å². The molecule has 2 rings (SSSR count). The molecule has 0 unspecified atom stereocenters. The van der Waals surface area contributed by atoms with Crippen molar-refractivity contribution in [3.05, 3.63) is 34.6 Å². The molecule has 4 heteroatoms. The number of amides is 1. The number of hydrogen-bond donors (Lipinski definition) is 1. The third kappa shape index (κ3) is 1.84. The van der Waals surface area contributed by atoms with E-state index in [1.807, 2.05) is 0 Å². The smallest absolute Gasteiger partial charge is 0.223 e. The van der Waals surface area contributed by atoms with Crippen molar-refractivity contribution in [3.63, 3.8) is 0 Å². The zero-order chi connectivity index (χ0) is 11.0. The SMILES string of the molecule is CNC(=O)[C@@H]1C[C@H]1c1c(F)cccc1Cl. The number of benzene rings is 1. The summed E-state index contributed by atoms with van der Waals surface area (Å²) in [7, 11) is 1.58. The van der Waals surface area contributed by atoms with E-state index >= 15 is 0 Å². The van der Waals surface area contributed by atoms with Crippen molar-refractivity contribution >= 4 is 17.5 Å². The van der Waals surface area contributed by atoms with Crippen LogP contribution in [-0.4, -0.2) is 13.0 Å².